The molecule has 2 aromatic carbocycles. The molecular formula is C23H27N5O2S. The van der Waals surface area contributed by atoms with E-state index in [2.05, 4.69) is 20.2 Å². The number of carbonyl (C=O) groups excluding carboxylic acids is 2. The molecule has 0 aliphatic carbocycles. The molecular weight excluding hydrogens is 410 g/mol. The number of amides is 2. The fraction of sp³-hybridized carbons (Fsp3) is 0.348. The summed E-state index contributed by atoms with van der Waals surface area (Å²) in [5, 5.41) is 3.89. The van der Waals surface area contributed by atoms with Crippen LogP contribution in [0.4, 0.5) is 0 Å². The SMILES string of the molecule is CC(=O)N1CCN(CCNC(=O)c2ccc(CSc3nc4ccccc4[nH]3)cc2)CC1. The first-order valence-corrected chi connectivity index (χ1v) is 11.5. The van der Waals surface area contributed by atoms with Crippen molar-refractivity contribution >= 4 is 34.6 Å². The zero-order valence-corrected chi connectivity index (χ0v) is 18.5. The molecule has 162 valence electrons. The second kappa shape index (κ2) is 9.98. The number of H-pyrrole nitrogens is 1. The topological polar surface area (TPSA) is 81.3 Å². The van der Waals surface area contributed by atoms with Crippen LogP contribution in [-0.2, 0) is 10.5 Å². The van der Waals surface area contributed by atoms with Gasteiger partial charge >= 0.3 is 0 Å². The van der Waals surface area contributed by atoms with Gasteiger partial charge in [0.05, 0.1) is 11.0 Å². The van der Waals surface area contributed by atoms with Crippen LogP contribution in [0.2, 0.25) is 0 Å². The minimum absolute atomic E-state index is 0.0566. The lowest BCUT2D eigenvalue weighted by Gasteiger charge is -2.34. The number of aromatic amines is 1. The van der Waals surface area contributed by atoms with Crippen LogP contribution >= 0.6 is 11.8 Å². The molecule has 8 heteroatoms. The molecule has 1 aliphatic rings. The molecule has 1 saturated heterocycles. The number of benzene rings is 2. The molecule has 1 aromatic heterocycles. The summed E-state index contributed by atoms with van der Waals surface area (Å²) in [6.07, 6.45) is 0. The van der Waals surface area contributed by atoms with E-state index in [0.717, 1.165) is 60.2 Å². The van der Waals surface area contributed by atoms with Gasteiger partial charge in [0.15, 0.2) is 5.16 Å². The summed E-state index contributed by atoms with van der Waals surface area (Å²) in [6, 6.07) is 15.7. The number of hydrogen-bond acceptors (Lipinski definition) is 5. The van der Waals surface area contributed by atoms with Crippen LogP contribution in [0.5, 0.6) is 0 Å². The van der Waals surface area contributed by atoms with Crippen LogP contribution < -0.4 is 5.32 Å². The van der Waals surface area contributed by atoms with Gasteiger partial charge in [0.1, 0.15) is 0 Å². The minimum atomic E-state index is -0.0566. The molecule has 4 rings (SSSR count). The average molecular weight is 438 g/mol. The Morgan fingerprint density at radius 1 is 1.06 bits per heavy atom. The molecule has 31 heavy (non-hydrogen) atoms. The highest BCUT2D eigenvalue weighted by molar-refractivity contribution is 7.98. The molecule has 3 aromatic rings. The van der Waals surface area contributed by atoms with Gasteiger partial charge in [-0.3, -0.25) is 14.5 Å². The zero-order chi connectivity index (χ0) is 21.6. The third kappa shape index (κ3) is 5.65. The maximum Gasteiger partial charge on any atom is 0.251 e. The number of nitrogens with zero attached hydrogens (tertiary/aromatic N) is 3. The summed E-state index contributed by atoms with van der Waals surface area (Å²) in [4.78, 5) is 35.8. The minimum Gasteiger partial charge on any atom is -0.351 e. The van der Waals surface area contributed by atoms with E-state index in [-0.39, 0.29) is 11.8 Å². The van der Waals surface area contributed by atoms with Gasteiger partial charge in [0, 0.05) is 57.5 Å². The first-order chi connectivity index (χ1) is 15.1. The van der Waals surface area contributed by atoms with E-state index in [9.17, 15) is 9.59 Å². The fourth-order valence-corrected chi connectivity index (χ4v) is 4.46. The number of para-hydroxylation sites is 2. The highest BCUT2D eigenvalue weighted by atomic mass is 32.2. The number of fused-ring (bicyclic) bond motifs is 1. The summed E-state index contributed by atoms with van der Waals surface area (Å²) in [5.41, 5.74) is 3.82. The van der Waals surface area contributed by atoms with E-state index in [1.165, 1.54) is 0 Å². The summed E-state index contributed by atoms with van der Waals surface area (Å²) >= 11 is 1.65. The van der Waals surface area contributed by atoms with Gasteiger partial charge in [-0.1, -0.05) is 36.0 Å². The number of aromatic nitrogens is 2. The second-order valence-electron chi connectivity index (χ2n) is 7.65. The van der Waals surface area contributed by atoms with Crippen LogP contribution in [0.3, 0.4) is 0 Å². The Hall–Kier alpha value is -2.84. The van der Waals surface area contributed by atoms with Crippen LogP contribution in [0.25, 0.3) is 11.0 Å². The predicted octanol–water partition coefficient (Wildman–Crippen LogP) is 2.75. The maximum atomic E-state index is 12.4. The molecule has 0 saturated carbocycles. The first-order valence-electron chi connectivity index (χ1n) is 10.5. The van der Waals surface area contributed by atoms with Gasteiger partial charge in [-0.15, -0.1) is 0 Å². The largest absolute Gasteiger partial charge is 0.351 e. The Morgan fingerprint density at radius 3 is 2.52 bits per heavy atom. The number of thioether (sulfide) groups is 1. The van der Waals surface area contributed by atoms with Crippen molar-refractivity contribution in [3.05, 3.63) is 59.7 Å². The van der Waals surface area contributed by atoms with Gasteiger partial charge in [-0.05, 0) is 29.8 Å². The molecule has 0 radical (unpaired) electrons. The zero-order valence-electron chi connectivity index (χ0n) is 17.6. The summed E-state index contributed by atoms with van der Waals surface area (Å²) in [5.74, 6) is 0.861. The van der Waals surface area contributed by atoms with E-state index in [0.29, 0.717) is 12.1 Å². The lowest BCUT2D eigenvalue weighted by Crippen LogP contribution is -2.49. The fourth-order valence-electron chi connectivity index (χ4n) is 3.62. The average Bonchev–Trinajstić information content (AvgIpc) is 3.21. The van der Waals surface area contributed by atoms with Gasteiger partial charge < -0.3 is 15.2 Å². The second-order valence-corrected chi connectivity index (χ2v) is 8.61. The van der Waals surface area contributed by atoms with Gasteiger partial charge in [0.25, 0.3) is 5.91 Å². The molecule has 2 N–H and O–H groups in total. The molecule has 7 nitrogen and oxygen atoms in total. The molecule has 1 aliphatic heterocycles. The molecule has 0 atom stereocenters. The summed E-state index contributed by atoms with van der Waals surface area (Å²) < 4.78 is 0. The molecule has 0 unspecified atom stereocenters. The van der Waals surface area contributed by atoms with Crippen molar-refractivity contribution < 1.29 is 9.59 Å². The lowest BCUT2D eigenvalue weighted by atomic mass is 10.1. The van der Waals surface area contributed by atoms with Crippen LogP contribution in [0.1, 0.15) is 22.8 Å². The monoisotopic (exact) mass is 437 g/mol. The number of piperazine rings is 1. The smallest absolute Gasteiger partial charge is 0.251 e. The Morgan fingerprint density at radius 2 is 1.81 bits per heavy atom. The number of hydrogen-bond donors (Lipinski definition) is 2. The van der Waals surface area contributed by atoms with Gasteiger partial charge in [0.2, 0.25) is 5.91 Å². The predicted molar refractivity (Wildman–Crippen MR) is 123 cm³/mol. The normalized spacial score (nSPS) is 14.7. The standard InChI is InChI=1S/C23H27N5O2S/c1-17(29)28-14-12-27(13-15-28)11-10-24-22(30)19-8-6-18(7-9-19)16-31-23-25-20-4-2-3-5-21(20)26-23/h2-9H,10-16H2,1H3,(H,24,30)(H,25,26). The maximum absolute atomic E-state index is 12.4. The van der Waals surface area contributed by atoms with E-state index in [1.54, 1.807) is 18.7 Å². The molecule has 0 spiro atoms. The van der Waals surface area contributed by atoms with E-state index >= 15 is 0 Å². The van der Waals surface area contributed by atoms with Crippen molar-refractivity contribution in [3.8, 4) is 0 Å². The quantitative estimate of drug-likeness (QED) is 0.556. The highest BCUT2D eigenvalue weighted by Gasteiger charge is 2.18. The number of carbonyl (C=O) groups is 2. The van der Waals surface area contributed by atoms with Gasteiger partial charge in [-0.2, -0.15) is 0 Å². The number of imidazole rings is 1. The van der Waals surface area contributed by atoms with Crippen LogP contribution in [-0.4, -0.2) is 70.9 Å². The van der Waals surface area contributed by atoms with Crippen molar-refractivity contribution in [1.82, 2.24) is 25.1 Å². The van der Waals surface area contributed by atoms with E-state index in [1.807, 2.05) is 53.4 Å². The molecule has 2 amide bonds. The molecule has 1 fully saturated rings. The Kier molecular flexibility index (Phi) is 6.89. The third-order valence-corrected chi connectivity index (χ3v) is 6.43. The number of rotatable bonds is 7. The van der Waals surface area contributed by atoms with Crippen LogP contribution in [0.15, 0.2) is 53.7 Å². The Labute approximate surface area is 186 Å². The molecule has 2 heterocycles. The van der Waals surface area contributed by atoms with Crippen molar-refractivity contribution in [2.75, 3.05) is 39.3 Å². The first kappa shape index (κ1) is 21.4. The molecule has 0 bridgehead atoms. The van der Waals surface area contributed by atoms with Crippen molar-refractivity contribution in [2.45, 2.75) is 17.8 Å². The van der Waals surface area contributed by atoms with Crippen molar-refractivity contribution in [1.29, 1.82) is 0 Å². The Bertz CT molecular complexity index is 1010. The Balaban J connectivity index is 1.20. The number of nitrogens with one attached hydrogen (secondary N) is 2. The lowest BCUT2D eigenvalue weighted by molar-refractivity contribution is -0.130. The third-order valence-electron chi connectivity index (χ3n) is 5.49. The van der Waals surface area contributed by atoms with E-state index < -0.39 is 0 Å². The highest BCUT2D eigenvalue weighted by Crippen LogP contribution is 2.23. The summed E-state index contributed by atoms with van der Waals surface area (Å²) in [6.45, 7) is 6.23. The van der Waals surface area contributed by atoms with Crippen LogP contribution in [0, 0.1) is 0 Å². The van der Waals surface area contributed by atoms with Gasteiger partial charge in [-0.25, -0.2) is 4.98 Å². The summed E-state index contributed by atoms with van der Waals surface area (Å²) in [7, 11) is 0. The van der Waals surface area contributed by atoms with E-state index in [4.69, 9.17) is 0 Å². The van der Waals surface area contributed by atoms with Crippen molar-refractivity contribution in [3.63, 3.8) is 0 Å². The van der Waals surface area contributed by atoms with Crippen molar-refractivity contribution in [2.24, 2.45) is 0 Å².